The van der Waals surface area contributed by atoms with Crippen LogP contribution in [0.1, 0.15) is 6.42 Å². The van der Waals surface area contributed by atoms with E-state index in [1.54, 1.807) is 0 Å². The molecular weight excluding hydrogens is 131 g/mol. The summed E-state index contributed by atoms with van der Waals surface area (Å²) in [7, 11) is -3.94. The van der Waals surface area contributed by atoms with Crippen LogP contribution in [0.5, 0.6) is 0 Å². The maximum Gasteiger partial charge on any atom is 0.326 e. The molecule has 0 unspecified atom stereocenters. The minimum absolute atomic E-state index is 0.190. The molecule has 0 heterocycles. The van der Waals surface area contributed by atoms with Crippen LogP contribution in [0.15, 0.2) is 0 Å². The smallest absolute Gasteiger partial charge is 0.324 e. The van der Waals surface area contributed by atoms with Crippen molar-refractivity contribution < 1.29 is 19.1 Å². The highest BCUT2D eigenvalue weighted by atomic mass is 31.2. The molecule has 8 heavy (non-hydrogen) atoms. The van der Waals surface area contributed by atoms with Gasteiger partial charge in [0.1, 0.15) is 0 Å². The van der Waals surface area contributed by atoms with Crippen molar-refractivity contribution in [2.24, 2.45) is 0 Å². The van der Waals surface area contributed by atoms with Crippen LogP contribution in [0, 0.1) is 0 Å². The lowest BCUT2D eigenvalue weighted by Crippen LogP contribution is -1.86. The minimum atomic E-state index is -3.94. The third-order valence-electron chi connectivity index (χ3n) is 0.505. The maximum absolute atomic E-state index is 9.91. The molecule has 0 spiro atoms. The zero-order valence-corrected chi connectivity index (χ0v) is 4.97. The Morgan fingerprint density at radius 1 is 1.50 bits per heavy atom. The molecule has 0 aromatic carbocycles. The Balaban J connectivity index is 3.40. The average Bonchev–Trinajstić information content (AvgIpc) is 1.59. The predicted molar refractivity (Wildman–Crippen MR) is 27.2 cm³/mol. The molecule has 2 N–H and O–H groups in total. The van der Waals surface area contributed by atoms with Crippen molar-refractivity contribution in [3.63, 3.8) is 0 Å². The van der Waals surface area contributed by atoms with Crippen molar-refractivity contribution in [2.75, 3.05) is 6.16 Å². The first-order valence-electron chi connectivity index (χ1n) is 1.96. The lowest BCUT2D eigenvalue weighted by molar-refractivity contribution is 0.373. The SMILES string of the molecule is O=[C]CCP(=O)(O)O. The van der Waals surface area contributed by atoms with Gasteiger partial charge in [-0.05, 0) is 0 Å². The zero-order valence-electron chi connectivity index (χ0n) is 4.07. The summed E-state index contributed by atoms with van der Waals surface area (Å²) >= 11 is 0. The fraction of sp³-hybridized carbons (Fsp3) is 0.667. The molecule has 0 amide bonds. The van der Waals surface area contributed by atoms with Gasteiger partial charge in [0.05, 0.1) is 6.16 Å². The number of carbonyl (C=O) groups excluding carboxylic acids is 1. The van der Waals surface area contributed by atoms with Crippen LogP contribution in [0.25, 0.3) is 0 Å². The minimum Gasteiger partial charge on any atom is -0.324 e. The van der Waals surface area contributed by atoms with E-state index < -0.39 is 13.8 Å². The molecule has 0 aliphatic heterocycles. The molecule has 4 nitrogen and oxygen atoms in total. The van der Waals surface area contributed by atoms with E-state index in [0.717, 1.165) is 0 Å². The van der Waals surface area contributed by atoms with Crippen molar-refractivity contribution in [1.29, 1.82) is 0 Å². The summed E-state index contributed by atoms with van der Waals surface area (Å²) in [5.41, 5.74) is 0. The van der Waals surface area contributed by atoms with Crippen molar-refractivity contribution in [3.8, 4) is 0 Å². The summed E-state index contributed by atoms with van der Waals surface area (Å²) in [5, 5.41) is 0. The topological polar surface area (TPSA) is 74.6 Å². The van der Waals surface area contributed by atoms with E-state index in [0.29, 0.717) is 0 Å². The molecule has 0 aliphatic rings. The Kier molecular flexibility index (Phi) is 2.90. The van der Waals surface area contributed by atoms with E-state index in [-0.39, 0.29) is 6.42 Å². The molecular formula is C3H6O4P. The van der Waals surface area contributed by atoms with Gasteiger partial charge in [-0.15, -0.1) is 0 Å². The Morgan fingerprint density at radius 3 is 2.12 bits per heavy atom. The van der Waals surface area contributed by atoms with E-state index in [1.165, 1.54) is 6.29 Å². The third-order valence-corrected chi connectivity index (χ3v) is 1.31. The van der Waals surface area contributed by atoms with Gasteiger partial charge < -0.3 is 9.79 Å². The van der Waals surface area contributed by atoms with Gasteiger partial charge in [-0.2, -0.15) is 0 Å². The highest BCUT2D eigenvalue weighted by molar-refractivity contribution is 7.51. The number of hydrogen-bond donors (Lipinski definition) is 2. The first kappa shape index (κ1) is 7.82. The Morgan fingerprint density at radius 2 is 2.00 bits per heavy atom. The molecule has 5 heteroatoms. The molecule has 0 aromatic rings. The van der Waals surface area contributed by atoms with Crippen molar-refractivity contribution >= 4 is 13.9 Å². The second-order valence-corrected chi connectivity index (χ2v) is 3.06. The molecule has 1 radical (unpaired) electrons. The Labute approximate surface area is 46.7 Å². The van der Waals surface area contributed by atoms with E-state index >= 15 is 0 Å². The lowest BCUT2D eigenvalue weighted by atomic mass is 10.6. The quantitative estimate of drug-likeness (QED) is 0.522. The van der Waals surface area contributed by atoms with Gasteiger partial charge in [0.25, 0.3) is 0 Å². The third kappa shape index (κ3) is 5.82. The monoisotopic (exact) mass is 137 g/mol. The van der Waals surface area contributed by atoms with E-state index in [4.69, 9.17) is 9.79 Å². The number of hydrogen-bond acceptors (Lipinski definition) is 2. The van der Waals surface area contributed by atoms with Crippen molar-refractivity contribution in [1.82, 2.24) is 0 Å². The standard InChI is InChI=1S/C3H6O4P/c4-2-1-3-8(5,6)7/h1,3H2,(H2,5,6,7). The molecule has 47 valence electrons. The van der Waals surface area contributed by atoms with Crippen LogP contribution in [-0.2, 0) is 9.36 Å². The first-order valence-corrected chi connectivity index (χ1v) is 3.75. The van der Waals surface area contributed by atoms with Crippen LogP contribution in [0.3, 0.4) is 0 Å². The summed E-state index contributed by atoms with van der Waals surface area (Å²) in [5.74, 6) is 0. The molecule has 0 bridgehead atoms. The fourth-order valence-corrected chi connectivity index (χ4v) is 0.574. The summed E-state index contributed by atoms with van der Waals surface area (Å²) in [6.45, 7) is 0. The van der Waals surface area contributed by atoms with Gasteiger partial charge in [-0.3, -0.25) is 9.36 Å². The van der Waals surface area contributed by atoms with Crippen LogP contribution in [-0.4, -0.2) is 22.2 Å². The van der Waals surface area contributed by atoms with Gasteiger partial charge >= 0.3 is 7.60 Å². The van der Waals surface area contributed by atoms with E-state index in [9.17, 15) is 9.36 Å². The summed E-state index contributed by atoms with van der Waals surface area (Å²) < 4.78 is 9.91. The lowest BCUT2D eigenvalue weighted by Gasteiger charge is -1.95. The van der Waals surface area contributed by atoms with Crippen LogP contribution >= 0.6 is 7.60 Å². The largest absolute Gasteiger partial charge is 0.326 e. The van der Waals surface area contributed by atoms with Crippen molar-refractivity contribution in [2.45, 2.75) is 6.42 Å². The second-order valence-electron chi connectivity index (χ2n) is 1.28. The number of rotatable bonds is 3. The normalized spacial score (nSPS) is 11.2. The molecule has 0 atom stereocenters. The highest BCUT2D eigenvalue weighted by Crippen LogP contribution is 2.34. The van der Waals surface area contributed by atoms with Crippen LogP contribution in [0.2, 0.25) is 0 Å². The zero-order chi connectivity index (χ0) is 6.62. The summed E-state index contributed by atoms with van der Waals surface area (Å²) in [6.07, 6.45) is 0.799. The summed E-state index contributed by atoms with van der Waals surface area (Å²) in [4.78, 5) is 25.5. The van der Waals surface area contributed by atoms with Gasteiger partial charge in [-0.25, -0.2) is 0 Å². The van der Waals surface area contributed by atoms with Gasteiger partial charge in [0.15, 0.2) is 6.29 Å². The Hall–Kier alpha value is -0.180. The second kappa shape index (κ2) is 2.97. The molecule has 0 saturated heterocycles. The predicted octanol–water partition coefficient (Wildman–Crippen LogP) is -0.336. The van der Waals surface area contributed by atoms with Gasteiger partial charge in [0.2, 0.25) is 0 Å². The maximum atomic E-state index is 9.91. The van der Waals surface area contributed by atoms with Crippen LogP contribution in [0.4, 0.5) is 0 Å². The van der Waals surface area contributed by atoms with Gasteiger partial charge in [0, 0.05) is 6.42 Å². The van der Waals surface area contributed by atoms with E-state index in [1.807, 2.05) is 0 Å². The molecule has 0 saturated carbocycles. The molecule has 0 aromatic heterocycles. The Bertz CT molecular complexity index is 114. The molecule has 0 aliphatic carbocycles. The highest BCUT2D eigenvalue weighted by Gasteiger charge is 2.10. The molecule has 0 fully saturated rings. The van der Waals surface area contributed by atoms with E-state index in [2.05, 4.69) is 0 Å². The molecule has 0 rings (SSSR count). The van der Waals surface area contributed by atoms with Crippen molar-refractivity contribution in [3.05, 3.63) is 0 Å². The van der Waals surface area contributed by atoms with Gasteiger partial charge in [-0.1, -0.05) is 0 Å². The van der Waals surface area contributed by atoms with Crippen LogP contribution < -0.4 is 0 Å². The fourth-order valence-electron chi connectivity index (χ4n) is 0.191. The first-order chi connectivity index (χ1) is 3.56. The summed E-state index contributed by atoms with van der Waals surface area (Å²) in [6, 6.07) is 0. The average molecular weight is 137 g/mol.